The smallest absolute Gasteiger partial charge is 0.433 e. The maximum atomic E-state index is 14.0. The fourth-order valence-corrected chi connectivity index (χ4v) is 4.67. The molecule has 2 aromatic carbocycles. The highest BCUT2D eigenvalue weighted by Gasteiger charge is 2.36. The maximum Gasteiger partial charge on any atom is 0.433 e. The minimum Gasteiger partial charge on any atom is -0.454 e. The molecule has 0 radical (unpaired) electrons. The molecule has 1 fully saturated rings. The fraction of sp³-hybridized carbons (Fsp3) is 0.240. The first-order chi connectivity index (χ1) is 17.8. The highest BCUT2D eigenvalue weighted by Crippen LogP contribution is 2.37. The van der Waals surface area contributed by atoms with Crippen LogP contribution in [0.3, 0.4) is 0 Å². The molecule has 12 heteroatoms. The van der Waals surface area contributed by atoms with Crippen molar-refractivity contribution < 1.29 is 27.4 Å². The largest absolute Gasteiger partial charge is 0.454 e. The summed E-state index contributed by atoms with van der Waals surface area (Å²) in [6.07, 6.45) is -4.72. The van der Waals surface area contributed by atoms with E-state index in [1.54, 1.807) is 29.2 Å². The van der Waals surface area contributed by atoms with Gasteiger partial charge in [0.05, 0.1) is 5.69 Å². The van der Waals surface area contributed by atoms with E-state index in [9.17, 15) is 18.0 Å². The van der Waals surface area contributed by atoms with E-state index in [1.807, 2.05) is 18.2 Å². The van der Waals surface area contributed by atoms with Crippen LogP contribution >= 0.6 is 11.6 Å². The van der Waals surface area contributed by atoms with Crippen molar-refractivity contribution in [3.8, 4) is 22.8 Å². The summed E-state index contributed by atoms with van der Waals surface area (Å²) in [5.74, 6) is 0.483. The number of halogens is 4. The van der Waals surface area contributed by atoms with Crippen LogP contribution in [-0.4, -0.2) is 58.4 Å². The third kappa shape index (κ3) is 4.39. The first-order valence-corrected chi connectivity index (χ1v) is 11.8. The lowest BCUT2D eigenvalue weighted by Gasteiger charge is -2.35. The molecule has 1 amide bonds. The lowest BCUT2D eigenvalue weighted by atomic mass is 10.1. The summed E-state index contributed by atoms with van der Waals surface area (Å²) in [5.41, 5.74) is 0.230. The van der Waals surface area contributed by atoms with Gasteiger partial charge in [-0.05, 0) is 42.5 Å². The molecule has 0 spiro atoms. The van der Waals surface area contributed by atoms with E-state index in [-0.39, 0.29) is 23.8 Å². The van der Waals surface area contributed by atoms with Crippen LogP contribution in [0.15, 0.2) is 54.6 Å². The quantitative estimate of drug-likeness (QED) is 0.381. The van der Waals surface area contributed by atoms with Gasteiger partial charge in [0.15, 0.2) is 28.5 Å². The third-order valence-electron chi connectivity index (χ3n) is 6.35. The van der Waals surface area contributed by atoms with Crippen LogP contribution in [0.25, 0.3) is 16.9 Å². The van der Waals surface area contributed by atoms with Gasteiger partial charge in [0.25, 0.3) is 5.91 Å². The van der Waals surface area contributed by atoms with Crippen molar-refractivity contribution >= 4 is 28.8 Å². The summed E-state index contributed by atoms with van der Waals surface area (Å²) in [7, 11) is 0. The second-order valence-electron chi connectivity index (χ2n) is 8.65. The highest BCUT2D eigenvalue weighted by molar-refractivity contribution is 6.30. The Morgan fingerprint density at radius 3 is 2.49 bits per heavy atom. The SMILES string of the molecule is O=C(c1cc2nc(-c3ccc4c(c3)OCO4)cc(C(F)(F)F)n2n1)N1CCN(c2cccc(Cl)c2)CC1. The van der Waals surface area contributed by atoms with Crippen LogP contribution in [0, 0.1) is 0 Å². The molecule has 0 saturated carbocycles. The zero-order valence-corrected chi connectivity index (χ0v) is 20.0. The molecule has 2 aliphatic rings. The molecule has 0 unspecified atom stereocenters. The monoisotopic (exact) mass is 529 g/mol. The van der Waals surface area contributed by atoms with Gasteiger partial charge in [-0.25, -0.2) is 9.50 Å². The minimum absolute atomic E-state index is 0.0422. The molecule has 2 aromatic heterocycles. The molecule has 4 heterocycles. The second-order valence-corrected chi connectivity index (χ2v) is 9.09. The maximum absolute atomic E-state index is 14.0. The number of carbonyl (C=O) groups is 1. The number of hydrogen-bond donors (Lipinski definition) is 0. The lowest BCUT2D eigenvalue weighted by Crippen LogP contribution is -2.48. The molecule has 1 saturated heterocycles. The number of aromatic nitrogens is 3. The van der Waals surface area contributed by atoms with Crippen LogP contribution in [-0.2, 0) is 6.18 Å². The molecule has 0 bridgehead atoms. The number of amides is 1. The number of nitrogens with zero attached hydrogens (tertiary/aromatic N) is 5. The topological polar surface area (TPSA) is 72.2 Å². The summed E-state index contributed by atoms with van der Waals surface area (Å²) in [4.78, 5) is 21.2. The van der Waals surface area contributed by atoms with Crippen molar-refractivity contribution in [2.24, 2.45) is 0 Å². The van der Waals surface area contributed by atoms with Crippen molar-refractivity contribution in [1.29, 1.82) is 0 Å². The van der Waals surface area contributed by atoms with E-state index < -0.39 is 17.8 Å². The van der Waals surface area contributed by atoms with E-state index in [4.69, 9.17) is 21.1 Å². The second kappa shape index (κ2) is 8.84. The Hall–Kier alpha value is -3.99. The van der Waals surface area contributed by atoms with Gasteiger partial charge in [-0.1, -0.05) is 17.7 Å². The number of benzene rings is 2. The highest BCUT2D eigenvalue weighted by atomic mass is 35.5. The summed E-state index contributed by atoms with van der Waals surface area (Å²) >= 11 is 6.08. The Balaban J connectivity index is 1.29. The molecule has 8 nitrogen and oxygen atoms in total. The lowest BCUT2D eigenvalue weighted by molar-refractivity contribution is -0.142. The number of hydrogen-bond acceptors (Lipinski definition) is 6. The molecule has 37 heavy (non-hydrogen) atoms. The molecule has 0 atom stereocenters. The van der Waals surface area contributed by atoms with Crippen LogP contribution in [0.2, 0.25) is 5.02 Å². The van der Waals surface area contributed by atoms with Crippen molar-refractivity contribution in [3.05, 3.63) is 71.0 Å². The van der Waals surface area contributed by atoms with Gasteiger partial charge >= 0.3 is 6.18 Å². The van der Waals surface area contributed by atoms with Crippen LogP contribution < -0.4 is 14.4 Å². The molecule has 0 N–H and O–H groups in total. The predicted octanol–water partition coefficient (Wildman–Crippen LogP) is 4.76. The Bertz CT molecular complexity index is 1520. The van der Waals surface area contributed by atoms with Gasteiger partial charge in [0.1, 0.15) is 0 Å². The van der Waals surface area contributed by atoms with Crippen LogP contribution in [0.1, 0.15) is 16.2 Å². The predicted molar refractivity (Wildman–Crippen MR) is 129 cm³/mol. The van der Waals surface area contributed by atoms with Crippen molar-refractivity contribution in [2.45, 2.75) is 6.18 Å². The van der Waals surface area contributed by atoms with Gasteiger partial charge in [-0.3, -0.25) is 4.79 Å². The number of carbonyl (C=O) groups excluding carboxylic acids is 1. The van der Waals surface area contributed by atoms with E-state index in [0.717, 1.165) is 11.8 Å². The van der Waals surface area contributed by atoms with E-state index in [0.29, 0.717) is 52.8 Å². The van der Waals surface area contributed by atoms with E-state index >= 15 is 0 Å². The van der Waals surface area contributed by atoms with Gasteiger partial charge in [-0.2, -0.15) is 18.3 Å². The summed E-state index contributed by atoms with van der Waals surface area (Å²) < 4.78 is 53.2. The molecule has 0 aliphatic carbocycles. The van der Waals surface area contributed by atoms with Crippen molar-refractivity contribution in [1.82, 2.24) is 19.5 Å². The first-order valence-electron chi connectivity index (χ1n) is 11.4. The fourth-order valence-electron chi connectivity index (χ4n) is 4.49. The molecular weight excluding hydrogens is 511 g/mol. The molecule has 4 aromatic rings. The summed E-state index contributed by atoms with van der Waals surface area (Å²) in [6.45, 7) is 1.93. The van der Waals surface area contributed by atoms with Crippen LogP contribution in [0.4, 0.5) is 18.9 Å². The summed E-state index contributed by atoms with van der Waals surface area (Å²) in [5, 5.41) is 4.62. The average molecular weight is 530 g/mol. The van der Waals surface area contributed by atoms with Gasteiger partial charge in [-0.15, -0.1) is 0 Å². The number of anilines is 1. The normalized spacial score (nSPS) is 15.5. The van der Waals surface area contributed by atoms with E-state index in [2.05, 4.69) is 15.0 Å². The minimum atomic E-state index is -4.72. The van der Waals surface area contributed by atoms with Crippen molar-refractivity contribution in [3.63, 3.8) is 0 Å². The molecule has 190 valence electrons. The van der Waals surface area contributed by atoms with Gasteiger partial charge in [0, 0.05) is 48.5 Å². The first kappa shape index (κ1) is 23.4. The summed E-state index contributed by atoms with van der Waals surface area (Å²) in [6, 6.07) is 14.4. The van der Waals surface area contributed by atoms with Crippen LogP contribution in [0.5, 0.6) is 11.5 Å². The Labute approximate surface area is 213 Å². The molecular formula is C25H19ClF3N5O3. The third-order valence-corrected chi connectivity index (χ3v) is 6.58. The number of rotatable bonds is 3. The number of fused-ring (bicyclic) bond motifs is 2. The average Bonchev–Trinajstić information content (AvgIpc) is 3.53. The Morgan fingerprint density at radius 2 is 1.73 bits per heavy atom. The van der Waals surface area contributed by atoms with Gasteiger partial charge in [0.2, 0.25) is 6.79 Å². The molecule has 6 rings (SSSR count). The standard InChI is InChI=1S/C25H19ClF3N5O3/c26-16-2-1-3-17(11-16)32-6-8-33(9-7-32)24(35)19-13-23-30-18(12-22(25(27,28)29)34(23)31-19)15-4-5-20-21(10-15)37-14-36-20/h1-5,10-13H,6-9,14H2. The van der Waals surface area contributed by atoms with Gasteiger partial charge < -0.3 is 19.3 Å². The number of piperazine rings is 1. The number of alkyl halides is 3. The Morgan fingerprint density at radius 1 is 0.946 bits per heavy atom. The zero-order valence-electron chi connectivity index (χ0n) is 19.2. The van der Waals surface area contributed by atoms with E-state index in [1.165, 1.54) is 6.07 Å². The van der Waals surface area contributed by atoms with Crippen molar-refractivity contribution in [2.75, 3.05) is 37.9 Å². The zero-order chi connectivity index (χ0) is 25.7. The molecule has 2 aliphatic heterocycles. The Kier molecular flexibility index (Phi) is 5.59. The number of ether oxygens (including phenoxy) is 2.